The molecular weight excluding hydrogens is 364 g/mol. The maximum atomic E-state index is 13.1. The molecule has 1 atom stereocenters. The number of benzene rings is 1. The van der Waals surface area contributed by atoms with E-state index in [0.29, 0.717) is 12.8 Å². The number of aromatic hydroxyl groups is 2. The number of phenolic OH excluding ortho intramolecular Hbond substituents is 2. The zero-order valence-corrected chi connectivity index (χ0v) is 18.3. The third-order valence-electron chi connectivity index (χ3n) is 5.64. The van der Waals surface area contributed by atoms with Crippen molar-refractivity contribution < 1.29 is 19.8 Å². The lowest BCUT2D eigenvalue weighted by Gasteiger charge is -2.23. The quantitative estimate of drug-likeness (QED) is 0.419. The average molecular weight is 397 g/mol. The Balaban J connectivity index is 2.24. The van der Waals surface area contributed by atoms with Crippen molar-refractivity contribution in [3.63, 3.8) is 0 Å². The molecule has 4 nitrogen and oxygen atoms in total. The topological polar surface area (TPSA) is 74.6 Å². The molecule has 29 heavy (non-hydrogen) atoms. The number of Topliss-reactive ketones (excluding diaryl/α,β-unsaturated/α-hetero) is 2. The molecule has 1 aromatic rings. The molecule has 2 rings (SSSR count). The predicted octanol–water partition coefficient (Wildman–Crippen LogP) is 6.29. The zero-order valence-electron chi connectivity index (χ0n) is 18.3. The lowest BCUT2D eigenvalue weighted by molar-refractivity contribution is 0.0720. The van der Waals surface area contributed by atoms with E-state index in [0.717, 1.165) is 30.1 Å². The molecular formula is C25H32O4. The molecule has 1 unspecified atom stereocenters. The SMILES string of the molecule is CC(C)=CCCC(C)=CCC(CC1(C)C(=O)c2cc(O)cc(O)c2C1=O)=C(C)C. The van der Waals surface area contributed by atoms with Crippen LogP contribution in [0.15, 0.2) is 46.6 Å². The van der Waals surface area contributed by atoms with Crippen LogP contribution in [0.2, 0.25) is 0 Å². The lowest BCUT2D eigenvalue weighted by atomic mass is 9.77. The number of fused-ring (bicyclic) bond motifs is 1. The Morgan fingerprint density at radius 2 is 1.66 bits per heavy atom. The molecule has 0 spiro atoms. The lowest BCUT2D eigenvalue weighted by Crippen LogP contribution is -2.30. The van der Waals surface area contributed by atoms with Gasteiger partial charge in [0.1, 0.15) is 11.5 Å². The van der Waals surface area contributed by atoms with Crippen LogP contribution in [-0.4, -0.2) is 21.8 Å². The van der Waals surface area contributed by atoms with E-state index in [1.54, 1.807) is 6.92 Å². The van der Waals surface area contributed by atoms with Gasteiger partial charge in [-0.05, 0) is 73.3 Å². The summed E-state index contributed by atoms with van der Waals surface area (Å²) in [5.74, 6) is -1.27. The minimum atomic E-state index is -1.26. The van der Waals surface area contributed by atoms with Crippen LogP contribution < -0.4 is 0 Å². The molecule has 156 valence electrons. The van der Waals surface area contributed by atoms with E-state index in [4.69, 9.17) is 0 Å². The van der Waals surface area contributed by atoms with Crippen molar-refractivity contribution >= 4 is 11.6 Å². The maximum absolute atomic E-state index is 13.1. The molecule has 0 saturated heterocycles. The number of carbonyl (C=O) groups is 2. The van der Waals surface area contributed by atoms with E-state index in [2.05, 4.69) is 32.9 Å². The van der Waals surface area contributed by atoms with Crippen molar-refractivity contribution in [2.75, 3.05) is 0 Å². The van der Waals surface area contributed by atoms with Gasteiger partial charge in [0.25, 0.3) is 0 Å². The Morgan fingerprint density at radius 3 is 2.24 bits per heavy atom. The zero-order chi connectivity index (χ0) is 21.9. The van der Waals surface area contributed by atoms with Crippen molar-refractivity contribution in [3.05, 3.63) is 57.7 Å². The van der Waals surface area contributed by atoms with Gasteiger partial charge in [0, 0.05) is 11.6 Å². The minimum Gasteiger partial charge on any atom is -0.508 e. The van der Waals surface area contributed by atoms with Gasteiger partial charge in [-0.3, -0.25) is 9.59 Å². The van der Waals surface area contributed by atoms with E-state index < -0.39 is 5.41 Å². The molecule has 0 aromatic heterocycles. The first-order valence-corrected chi connectivity index (χ1v) is 10.1. The summed E-state index contributed by atoms with van der Waals surface area (Å²) < 4.78 is 0. The number of phenols is 2. The van der Waals surface area contributed by atoms with Crippen molar-refractivity contribution in [1.82, 2.24) is 0 Å². The van der Waals surface area contributed by atoms with E-state index in [-0.39, 0.29) is 34.2 Å². The number of carbonyl (C=O) groups excluding carboxylic acids is 2. The monoisotopic (exact) mass is 396 g/mol. The summed E-state index contributed by atoms with van der Waals surface area (Å²) in [6.07, 6.45) is 7.36. The Kier molecular flexibility index (Phi) is 6.89. The van der Waals surface area contributed by atoms with Crippen molar-refractivity contribution in [3.8, 4) is 11.5 Å². The summed E-state index contributed by atoms with van der Waals surface area (Å²) in [7, 11) is 0. The smallest absolute Gasteiger partial charge is 0.181 e. The molecule has 2 N–H and O–H groups in total. The maximum Gasteiger partial charge on any atom is 0.181 e. The highest BCUT2D eigenvalue weighted by molar-refractivity contribution is 6.30. The van der Waals surface area contributed by atoms with Gasteiger partial charge >= 0.3 is 0 Å². The summed E-state index contributed by atoms with van der Waals surface area (Å²) in [4.78, 5) is 26.1. The van der Waals surface area contributed by atoms with Gasteiger partial charge in [0.05, 0.1) is 11.0 Å². The highest BCUT2D eigenvalue weighted by Gasteiger charge is 2.51. The molecule has 0 heterocycles. The van der Waals surface area contributed by atoms with E-state index in [1.807, 2.05) is 13.8 Å². The van der Waals surface area contributed by atoms with Gasteiger partial charge < -0.3 is 10.2 Å². The predicted molar refractivity (Wildman–Crippen MR) is 117 cm³/mol. The molecule has 1 aliphatic rings. The molecule has 0 fully saturated rings. The van der Waals surface area contributed by atoms with Crippen LogP contribution in [0.5, 0.6) is 11.5 Å². The summed E-state index contributed by atoms with van der Waals surface area (Å²) in [6, 6.07) is 2.38. The molecule has 0 aliphatic heterocycles. The molecule has 0 bridgehead atoms. The molecule has 1 aliphatic carbocycles. The molecule has 0 saturated carbocycles. The summed E-state index contributed by atoms with van der Waals surface area (Å²) in [5.41, 5.74) is 3.59. The Morgan fingerprint density at radius 1 is 1.00 bits per heavy atom. The van der Waals surface area contributed by atoms with Gasteiger partial charge in [-0.1, -0.05) is 34.4 Å². The van der Waals surface area contributed by atoms with Crippen LogP contribution >= 0.6 is 0 Å². The van der Waals surface area contributed by atoms with Gasteiger partial charge in [0.15, 0.2) is 11.6 Å². The minimum absolute atomic E-state index is 0.0249. The van der Waals surface area contributed by atoms with Gasteiger partial charge in [0.2, 0.25) is 0 Å². The van der Waals surface area contributed by atoms with Crippen LogP contribution in [-0.2, 0) is 0 Å². The molecule has 0 radical (unpaired) electrons. The van der Waals surface area contributed by atoms with Crippen LogP contribution in [0.25, 0.3) is 0 Å². The summed E-state index contributed by atoms with van der Waals surface area (Å²) in [5, 5.41) is 19.8. The standard InChI is InChI=1S/C25H32O4/c1-15(2)8-7-9-17(5)10-11-18(16(3)4)14-25(6)23(28)20-12-19(26)13-21(27)22(20)24(25)29/h8,10,12-13,26-27H,7,9,11,14H2,1-6H3. The summed E-state index contributed by atoms with van der Waals surface area (Å²) >= 11 is 0. The second kappa shape index (κ2) is 8.81. The van der Waals surface area contributed by atoms with Gasteiger partial charge in [-0.15, -0.1) is 0 Å². The first kappa shape index (κ1) is 22.7. The largest absolute Gasteiger partial charge is 0.508 e. The third kappa shape index (κ3) is 4.87. The molecule has 1 aromatic carbocycles. The second-order valence-electron chi connectivity index (χ2n) is 8.73. The average Bonchev–Trinajstić information content (AvgIpc) is 2.79. The van der Waals surface area contributed by atoms with E-state index in [9.17, 15) is 19.8 Å². The van der Waals surface area contributed by atoms with Crippen LogP contribution in [0.3, 0.4) is 0 Å². The van der Waals surface area contributed by atoms with Crippen LogP contribution in [0.1, 0.15) is 87.9 Å². The number of hydrogen-bond acceptors (Lipinski definition) is 4. The van der Waals surface area contributed by atoms with Gasteiger partial charge in [-0.25, -0.2) is 0 Å². The fraction of sp³-hybridized carbons (Fsp3) is 0.440. The fourth-order valence-electron chi connectivity index (χ4n) is 3.73. The Bertz CT molecular complexity index is 922. The second-order valence-corrected chi connectivity index (χ2v) is 8.73. The number of allylic oxidation sites excluding steroid dienone is 6. The van der Waals surface area contributed by atoms with E-state index in [1.165, 1.54) is 17.2 Å². The number of rotatable bonds is 7. The summed E-state index contributed by atoms with van der Waals surface area (Å²) in [6.45, 7) is 11.9. The number of hydrogen-bond donors (Lipinski definition) is 2. The highest BCUT2D eigenvalue weighted by Crippen LogP contribution is 2.46. The van der Waals surface area contributed by atoms with Gasteiger partial charge in [-0.2, -0.15) is 0 Å². The van der Waals surface area contributed by atoms with E-state index >= 15 is 0 Å². The van der Waals surface area contributed by atoms with Crippen LogP contribution in [0, 0.1) is 5.41 Å². The van der Waals surface area contributed by atoms with Crippen LogP contribution in [0.4, 0.5) is 0 Å². The molecule has 4 heteroatoms. The number of ketones is 2. The first-order chi connectivity index (χ1) is 13.5. The first-order valence-electron chi connectivity index (χ1n) is 10.1. The van der Waals surface area contributed by atoms with Crippen molar-refractivity contribution in [1.29, 1.82) is 0 Å². The Labute approximate surface area is 173 Å². The van der Waals surface area contributed by atoms with Crippen molar-refractivity contribution in [2.45, 2.75) is 67.2 Å². The Hall–Kier alpha value is -2.62. The third-order valence-corrected chi connectivity index (χ3v) is 5.64. The normalized spacial score (nSPS) is 18.6. The highest BCUT2D eigenvalue weighted by atomic mass is 16.3. The molecule has 0 amide bonds. The fourth-order valence-corrected chi connectivity index (χ4v) is 3.73. The van der Waals surface area contributed by atoms with Crippen molar-refractivity contribution in [2.24, 2.45) is 5.41 Å².